The van der Waals surface area contributed by atoms with E-state index in [1.165, 1.54) is 61.9 Å². The molecule has 2 nitrogen and oxygen atoms in total. The van der Waals surface area contributed by atoms with Crippen LogP contribution in [0.3, 0.4) is 0 Å². The summed E-state index contributed by atoms with van der Waals surface area (Å²) in [5.41, 5.74) is 12.7. The van der Waals surface area contributed by atoms with Crippen molar-refractivity contribution >= 4 is 5.69 Å². The maximum absolute atomic E-state index is 6.67. The van der Waals surface area contributed by atoms with Gasteiger partial charge in [0.15, 0.2) is 0 Å². The van der Waals surface area contributed by atoms with Crippen LogP contribution in [0.5, 0.6) is 0 Å². The van der Waals surface area contributed by atoms with Crippen LogP contribution in [0.25, 0.3) is 0 Å². The highest BCUT2D eigenvalue weighted by Gasteiger charge is 2.65. The number of nitrogens with zero attached hydrogens (tertiary/aromatic N) is 1. The Bertz CT molecular complexity index is 2000. The third-order valence-electron chi connectivity index (χ3n) is 14.7. The normalized spacial score (nSPS) is 37.8. The maximum atomic E-state index is 6.67. The fraction of sp³-hybridized carbons (Fsp3) is 0.429. The van der Waals surface area contributed by atoms with Gasteiger partial charge < -0.3 is 9.64 Å². The van der Waals surface area contributed by atoms with Crippen molar-refractivity contribution in [3.8, 4) is 0 Å². The minimum Gasteiger partial charge on any atom is -0.486 e. The molecule has 9 aliphatic carbocycles. The van der Waals surface area contributed by atoms with E-state index in [2.05, 4.69) is 120 Å². The Morgan fingerprint density at radius 1 is 0.784 bits per heavy atom. The molecule has 0 aromatic heterocycles. The second-order valence-electron chi connectivity index (χ2n) is 16.9. The summed E-state index contributed by atoms with van der Waals surface area (Å²) in [6, 6.07) is 8.26. The van der Waals surface area contributed by atoms with Crippen molar-refractivity contribution in [2.75, 3.05) is 4.90 Å². The van der Waals surface area contributed by atoms with E-state index in [9.17, 15) is 0 Å². The van der Waals surface area contributed by atoms with Gasteiger partial charge in [0.1, 0.15) is 11.9 Å². The number of rotatable bonds is 4. The summed E-state index contributed by atoms with van der Waals surface area (Å²) < 4.78 is 6.67. The third-order valence-corrected chi connectivity index (χ3v) is 14.7. The van der Waals surface area contributed by atoms with Gasteiger partial charge in [0.05, 0.1) is 0 Å². The molecule has 1 spiro atoms. The van der Waals surface area contributed by atoms with Crippen molar-refractivity contribution in [2.24, 2.45) is 29.6 Å². The molecule has 1 aromatic carbocycles. The number of allylic oxidation sites excluding steroid dienone is 17. The van der Waals surface area contributed by atoms with Gasteiger partial charge in [0, 0.05) is 34.7 Å². The fourth-order valence-electron chi connectivity index (χ4n) is 12.9. The van der Waals surface area contributed by atoms with Crippen LogP contribution in [0.15, 0.2) is 149 Å². The molecule has 9 unspecified atom stereocenters. The van der Waals surface area contributed by atoms with Gasteiger partial charge in [-0.15, -0.1) is 0 Å². The van der Waals surface area contributed by atoms with E-state index in [1.807, 2.05) is 0 Å². The van der Waals surface area contributed by atoms with Crippen LogP contribution in [-0.4, -0.2) is 12.1 Å². The lowest BCUT2D eigenvalue weighted by molar-refractivity contribution is 0.144. The average molecular weight is 670 g/mol. The minimum atomic E-state index is 0.116. The van der Waals surface area contributed by atoms with E-state index in [0.29, 0.717) is 41.5 Å². The molecule has 258 valence electrons. The molecule has 1 heterocycles. The van der Waals surface area contributed by atoms with Gasteiger partial charge in [-0.25, -0.2) is 0 Å². The van der Waals surface area contributed by atoms with Crippen molar-refractivity contribution in [3.63, 3.8) is 0 Å². The molecule has 10 aliphatic rings. The van der Waals surface area contributed by atoms with Crippen LogP contribution >= 0.6 is 0 Å². The topological polar surface area (TPSA) is 12.5 Å². The molecule has 0 N–H and O–H groups in total. The Kier molecular flexibility index (Phi) is 7.20. The molecule has 1 saturated carbocycles. The molecule has 1 fully saturated rings. The summed E-state index contributed by atoms with van der Waals surface area (Å²) >= 11 is 0. The number of hydrogen-bond acceptors (Lipinski definition) is 2. The van der Waals surface area contributed by atoms with Crippen LogP contribution in [-0.2, 0) is 10.2 Å². The van der Waals surface area contributed by atoms with Crippen molar-refractivity contribution in [2.45, 2.75) is 101 Å². The SMILES string of the molecule is C1=CCC2C(=C1)C1C=CCCC1C21c2cc(N(C3=CCCC=C3)C3CC=CC4OC5=C(CCC=C5)C43)ccc2C2CCC(C3=CCCC=C3)=CC21. The first-order valence-corrected chi connectivity index (χ1v) is 20.4. The molecule has 1 aliphatic heterocycles. The molecule has 1 aromatic rings. The quantitative estimate of drug-likeness (QED) is 0.296. The van der Waals surface area contributed by atoms with Crippen LogP contribution in [0.4, 0.5) is 5.69 Å². The number of hydrogen-bond donors (Lipinski definition) is 0. The minimum absolute atomic E-state index is 0.116. The van der Waals surface area contributed by atoms with Gasteiger partial charge in [-0.2, -0.15) is 0 Å². The predicted molar refractivity (Wildman–Crippen MR) is 209 cm³/mol. The summed E-state index contributed by atoms with van der Waals surface area (Å²) in [6.45, 7) is 0. The smallest absolute Gasteiger partial charge is 0.125 e. The highest BCUT2D eigenvalue weighted by atomic mass is 16.5. The summed E-state index contributed by atoms with van der Waals surface area (Å²) in [6.07, 6.45) is 53.6. The highest BCUT2D eigenvalue weighted by molar-refractivity contribution is 5.66. The first-order valence-electron chi connectivity index (χ1n) is 20.4. The zero-order valence-corrected chi connectivity index (χ0v) is 29.9. The molecular weight excluding hydrogens is 619 g/mol. The van der Waals surface area contributed by atoms with Crippen LogP contribution in [0.1, 0.15) is 94.1 Å². The largest absolute Gasteiger partial charge is 0.486 e. The number of fused-ring (bicyclic) bond motifs is 12. The Morgan fingerprint density at radius 3 is 2.61 bits per heavy atom. The van der Waals surface area contributed by atoms with Crippen molar-refractivity contribution in [1.29, 1.82) is 0 Å². The van der Waals surface area contributed by atoms with Gasteiger partial charge >= 0.3 is 0 Å². The Morgan fingerprint density at radius 2 is 1.71 bits per heavy atom. The van der Waals surface area contributed by atoms with Gasteiger partial charge in [0.25, 0.3) is 0 Å². The average Bonchev–Trinajstić information content (AvgIpc) is 3.83. The Labute approximate surface area is 304 Å². The highest BCUT2D eigenvalue weighted by Crippen LogP contribution is 2.71. The zero-order chi connectivity index (χ0) is 33.5. The molecule has 0 amide bonds. The second-order valence-corrected chi connectivity index (χ2v) is 16.9. The monoisotopic (exact) mass is 669 g/mol. The standard InChI is InChI=1S/C49H51NO/c1-3-14-32(15-4-1)33-26-28-38-39-29-27-35(31-44(39)49(43(38)30-33)41-21-10-7-18-36(41)37-19-8-11-22-42(37)49)50(34-16-5-2-6-17-34)45-23-13-25-47-48(45)40-20-9-12-24-46(40)51-47/h3,5,7-8,10,12-19,24-25,27,29-31,37-38,41-43,45,47-48H,1-2,4,6,9,11,20-23,26,28H2. The fourth-order valence-corrected chi connectivity index (χ4v) is 12.9. The van der Waals surface area contributed by atoms with Gasteiger partial charge in [-0.05, 0) is 159 Å². The van der Waals surface area contributed by atoms with Crippen LogP contribution in [0.2, 0.25) is 0 Å². The third kappa shape index (κ3) is 4.47. The van der Waals surface area contributed by atoms with Crippen LogP contribution in [0, 0.1) is 29.6 Å². The number of anilines is 1. The molecule has 0 saturated heterocycles. The Hall–Kier alpha value is -4.04. The summed E-state index contributed by atoms with van der Waals surface area (Å²) in [7, 11) is 0. The number of benzene rings is 1. The first kappa shape index (κ1) is 30.6. The Balaban J connectivity index is 1.10. The second kappa shape index (κ2) is 12.0. The summed E-state index contributed by atoms with van der Waals surface area (Å²) in [5, 5.41) is 0. The van der Waals surface area contributed by atoms with Crippen molar-refractivity contribution in [3.05, 3.63) is 160 Å². The predicted octanol–water partition coefficient (Wildman–Crippen LogP) is 11.7. The molecule has 2 heteroatoms. The van der Waals surface area contributed by atoms with E-state index in [0.717, 1.165) is 37.9 Å². The van der Waals surface area contributed by atoms with Crippen molar-refractivity contribution < 1.29 is 4.74 Å². The van der Waals surface area contributed by atoms with Gasteiger partial charge in [-0.1, -0.05) is 90.6 Å². The van der Waals surface area contributed by atoms with E-state index in [1.54, 1.807) is 27.8 Å². The van der Waals surface area contributed by atoms with Gasteiger partial charge in [0.2, 0.25) is 0 Å². The van der Waals surface area contributed by atoms with Gasteiger partial charge in [-0.3, -0.25) is 0 Å². The lowest BCUT2D eigenvalue weighted by atomic mass is 9.57. The molecule has 0 radical (unpaired) electrons. The lowest BCUT2D eigenvalue weighted by Gasteiger charge is -2.46. The molecule has 9 atom stereocenters. The number of ether oxygens (including phenoxy) is 1. The van der Waals surface area contributed by atoms with Crippen molar-refractivity contribution in [1.82, 2.24) is 0 Å². The molecule has 11 rings (SSSR count). The first-order chi connectivity index (χ1) is 25.3. The van der Waals surface area contributed by atoms with E-state index in [-0.39, 0.29) is 11.5 Å². The van der Waals surface area contributed by atoms with E-state index in [4.69, 9.17) is 4.74 Å². The van der Waals surface area contributed by atoms with E-state index >= 15 is 0 Å². The lowest BCUT2D eigenvalue weighted by Crippen LogP contribution is -2.46. The zero-order valence-electron chi connectivity index (χ0n) is 29.9. The van der Waals surface area contributed by atoms with E-state index < -0.39 is 0 Å². The molecular formula is C49H51NO. The summed E-state index contributed by atoms with van der Waals surface area (Å²) in [5.74, 6) is 4.43. The summed E-state index contributed by atoms with van der Waals surface area (Å²) in [4.78, 5) is 2.79. The maximum Gasteiger partial charge on any atom is 0.125 e. The molecule has 0 bridgehead atoms. The molecule has 51 heavy (non-hydrogen) atoms. The van der Waals surface area contributed by atoms with Crippen LogP contribution < -0.4 is 4.90 Å².